The lowest BCUT2D eigenvalue weighted by Crippen LogP contribution is -2.14. The molecule has 0 radical (unpaired) electrons. The highest BCUT2D eigenvalue weighted by Crippen LogP contribution is 2.31. The van der Waals surface area contributed by atoms with Crippen LogP contribution in [0.3, 0.4) is 0 Å². The standard InChI is InChI=1S/C24H26N4O5S/c1-17-18(2)26-33-24(17)27-34(29,30)22-7-5-4-6-21(22)19-8-10-20(11-9-19)23-25-12-13-28(23)16-32-15-14-31-3/h4-13,27H,14-16H2,1-3H3. The van der Waals surface area contributed by atoms with E-state index in [9.17, 15) is 8.42 Å². The van der Waals surface area contributed by atoms with Crippen molar-refractivity contribution in [2.75, 3.05) is 25.0 Å². The minimum absolute atomic E-state index is 0.113. The third-order valence-corrected chi connectivity index (χ3v) is 6.78. The van der Waals surface area contributed by atoms with Crippen LogP contribution in [0.5, 0.6) is 0 Å². The van der Waals surface area contributed by atoms with Crippen LogP contribution < -0.4 is 4.72 Å². The van der Waals surface area contributed by atoms with E-state index in [1.54, 1.807) is 51.4 Å². The smallest absolute Gasteiger partial charge is 0.264 e. The van der Waals surface area contributed by atoms with Crippen LogP contribution in [0.15, 0.2) is 70.3 Å². The largest absolute Gasteiger partial charge is 0.382 e. The first-order valence-electron chi connectivity index (χ1n) is 10.6. The predicted octanol–water partition coefficient (Wildman–Crippen LogP) is 4.24. The lowest BCUT2D eigenvalue weighted by atomic mass is 10.0. The Balaban J connectivity index is 1.59. The quantitative estimate of drug-likeness (QED) is 0.337. The number of hydrogen-bond donors (Lipinski definition) is 1. The second-order valence-electron chi connectivity index (χ2n) is 7.65. The first-order chi connectivity index (χ1) is 16.4. The second-order valence-corrected chi connectivity index (χ2v) is 9.30. The summed E-state index contributed by atoms with van der Waals surface area (Å²) in [6.45, 7) is 4.86. The molecule has 1 N–H and O–H groups in total. The number of ether oxygens (including phenoxy) is 2. The number of rotatable bonds is 10. The minimum Gasteiger partial charge on any atom is -0.382 e. The van der Waals surface area contributed by atoms with Gasteiger partial charge in [-0.2, -0.15) is 0 Å². The Morgan fingerprint density at radius 3 is 2.47 bits per heavy atom. The van der Waals surface area contributed by atoms with E-state index in [1.165, 1.54) is 0 Å². The van der Waals surface area contributed by atoms with Gasteiger partial charge in [0.25, 0.3) is 10.0 Å². The number of benzene rings is 2. The molecule has 0 amide bonds. The molecule has 0 saturated carbocycles. The summed E-state index contributed by atoms with van der Waals surface area (Å²) in [7, 11) is -2.28. The Bertz CT molecular complexity index is 1360. The fraction of sp³-hybridized carbons (Fsp3) is 0.250. The lowest BCUT2D eigenvalue weighted by molar-refractivity contribution is 0.0348. The van der Waals surface area contributed by atoms with Crippen LogP contribution in [0.4, 0.5) is 5.88 Å². The molecular weight excluding hydrogens is 456 g/mol. The van der Waals surface area contributed by atoms with Gasteiger partial charge in [-0.3, -0.25) is 0 Å². The van der Waals surface area contributed by atoms with Crippen molar-refractivity contribution in [2.45, 2.75) is 25.5 Å². The van der Waals surface area contributed by atoms with E-state index in [0.717, 1.165) is 17.0 Å². The molecule has 0 unspecified atom stereocenters. The van der Waals surface area contributed by atoms with Crippen molar-refractivity contribution in [3.05, 3.63) is 72.2 Å². The van der Waals surface area contributed by atoms with Crippen LogP contribution in [0.2, 0.25) is 0 Å². The average molecular weight is 483 g/mol. The molecule has 0 aliphatic rings. The van der Waals surface area contributed by atoms with E-state index in [-0.39, 0.29) is 10.8 Å². The highest BCUT2D eigenvalue weighted by Gasteiger charge is 2.22. The summed E-state index contributed by atoms with van der Waals surface area (Å²) >= 11 is 0. The number of methoxy groups -OCH3 is 1. The van der Waals surface area contributed by atoms with Crippen molar-refractivity contribution in [1.82, 2.24) is 14.7 Å². The number of anilines is 1. The molecule has 2 aromatic carbocycles. The van der Waals surface area contributed by atoms with Gasteiger partial charge >= 0.3 is 0 Å². The molecular formula is C24H26N4O5S. The fourth-order valence-corrected chi connectivity index (χ4v) is 4.68. The maximum Gasteiger partial charge on any atom is 0.264 e. The van der Waals surface area contributed by atoms with Gasteiger partial charge in [-0.15, -0.1) is 0 Å². The summed E-state index contributed by atoms with van der Waals surface area (Å²) in [4.78, 5) is 4.57. The van der Waals surface area contributed by atoms with Crippen LogP contribution >= 0.6 is 0 Å². The number of hydrogen-bond acceptors (Lipinski definition) is 7. The van der Waals surface area contributed by atoms with Gasteiger partial charge in [-0.1, -0.05) is 47.6 Å². The normalized spacial score (nSPS) is 11.6. The van der Waals surface area contributed by atoms with Crippen LogP contribution in [-0.4, -0.2) is 43.4 Å². The van der Waals surface area contributed by atoms with E-state index >= 15 is 0 Å². The summed E-state index contributed by atoms with van der Waals surface area (Å²) in [6, 6.07) is 14.4. The number of sulfonamides is 1. The molecule has 0 atom stereocenters. The summed E-state index contributed by atoms with van der Waals surface area (Å²) in [5.74, 6) is 0.866. The molecule has 9 nitrogen and oxygen atoms in total. The Morgan fingerprint density at radius 1 is 1.03 bits per heavy atom. The van der Waals surface area contributed by atoms with Crippen molar-refractivity contribution in [3.63, 3.8) is 0 Å². The van der Waals surface area contributed by atoms with Crippen LogP contribution in [-0.2, 0) is 26.2 Å². The lowest BCUT2D eigenvalue weighted by Gasteiger charge is -2.12. The van der Waals surface area contributed by atoms with E-state index in [0.29, 0.717) is 36.8 Å². The molecule has 0 aliphatic carbocycles. The average Bonchev–Trinajstić information content (AvgIpc) is 3.44. The van der Waals surface area contributed by atoms with Crippen molar-refractivity contribution in [3.8, 4) is 22.5 Å². The summed E-state index contributed by atoms with van der Waals surface area (Å²) in [5, 5.41) is 3.82. The molecule has 34 heavy (non-hydrogen) atoms. The molecule has 0 bridgehead atoms. The molecule has 4 rings (SSSR count). The second kappa shape index (κ2) is 10.2. The molecule has 0 spiro atoms. The van der Waals surface area contributed by atoms with E-state index in [4.69, 9.17) is 14.0 Å². The van der Waals surface area contributed by atoms with E-state index < -0.39 is 10.0 Å². The van der Waals surface area contributed by atoms with Gasteiger partial charge in [0.2, 0.25) is 5.88 Å². The maximum absolute atomic E-state index is 13.2. The number of aryl methyl sites for hydroxylation is 1. The number of imidazole rings is 1. The zero-order valence-corrected chi connectivity index (χ0v) is 20.0. The molecule has 0 fully saturated rings. The topological polar surface area (TPSA) is 108 Å². The van der Waals surface area contributed by atoms with Gasteiger partial charge < -0.3 is 18.6 Å². The molecule has 10 heteroatoms. The number of aromatic nitrogens is 3. The number of nitrogens with one attached hydrogen (secondary N) is 1. The first-order valence-corrected chi connectivity index (χ1v) is 12.1. The van der Waals surface area contributed by atoms with E-state index in [1.807, 2.05) is 35.0 Å². The summed E-state index contributed by atoms with van der Waals surface area (Å²) in [5.41, 5.74) is 3.48. The predicted molar refractivity (Wildman–Crippen MR) is 128 cm³/mol. The monoisotopic (exact) mass is 482 g/mol. The summed E-state index contributed by atoms with van der Waals surface area (Å²) < 4.78 is 46.5. The highest BCUT2D eigenvalue weighted by molar-refractivity contribution is 7.92. The van der Waals surface area contributed by atoms with Crippen molar-refractivity contribution in [2.24, 2.45) is 0 Å². The highest BCUT2D eigenvalue weighted by atomic mass is 32.2. The minimum atomic E-state index is -3.90. The molecule has 0 saturated heterocycles. The SMILES string of the molecule is COCCOCn1ccnc1-c1ccc(-c2ccccc2S(=O)(=O)Nc2onc(C)c2C)cc1. The van der Waals surface area contributed by atoms with Gasteiger partial charge in [-0.05, 0) is 25.5 Å². The Hall–Kier alpha value is -3.47. The van der Waals surface area contributed by atoms with Crippen molar-refractivity contribution >= 4 is 15.9 Å². The zero-order valence-electron chi connectivity index (χ0n) is 19.2. The van der Waals surface area contributed by atoms with Crippen molar-refractivity contribution in [1.29, 1.82) is 0 Å². The van der Waals surface area contributed by atoms with Gasteiger partial charge in [0.05, 0.1) is 23.8 Å². The van der Waals surface area contributed by atoms with E-state index in [2.05, 4.69) is 14.9 Å². The van der Waals surface area contributed by atoms with Crippen LogP contribution in [0.1, 0.15) is 11.3 Å². The van der Waals surface area contributed by atoms with Crippen molar-refractivity contribution < 1.29 is 22.4 Å². The molecule has 178 valence electrons. The van der Waals surface area contributed by atoms with Gasteiger partial charge in [0.1, 0.15) is 12.6 Å². The number of nitrogens with zero attached hydrogens (tertiary/aromatic N) is 3. The van der Waals surface area contributed by atoms with Gasteiger partial charge in [0.15, 0.2) is 0 Å². The fourth-order valence-electron chi connectivity index (χ4n) is 3.40. The van der Waals surface area contributed by atoms with Gasteiger partial charge in [-0.25, -0.2) is 18.1 Å². The third-order valence-electron chi connectivity index (χ3n) is 5.39. The molecule has 4 aromatic rings. The van der Waals surface area contributed by atoms with Crippen LogP contribution in [0, 0.1) is 13.8 Å². The van der Waals surface area contributed by atoms with Gasteiger partial charge in [0, 0.05) is 36.2 Å². The molecule has 0 aliphatic heterocycles. The Labute approximate surface area is 198 Å². The van der Waals surface area contributed by atoms with Crippen LogP contribution in [0.25, 0.3) is 22.5 Å². The summed E-state index contributed by atoms with van der Waals surface area (Å²) in [6.07, 6.45) is 3.56. The zero-order chi connectivity index (χ0) is 24.1. The molecule has 2 aromatic heterocycles. The third kappa shape index (κ3) is 5.04. The maximum atomic E-state index is 13.2. The Morgan fingerprint density at radius 2 is 1.76 bits per heavy atom. The Kier molecular flexibility index (Phi) is 7.11. The first kappa shape index (κ1) is 23.7. The molecule has 2 heterocycles.